The van der Waals surface area contributed by atoms with Gasteiger partial charge in [-0.05, 0) is 36.2 Å². The first-order chi connectivity index (χ1) is 15.6. The number of carbonyl (C=O) groups is 2. The van der Waals surface area contributed by atoms with Crippen molar-refractivity contribution < 1.29 is 9.59 Å². The molecule has 1 saturated heterocycles. The van der Waals surface area contributed by atoms with Crippen molar-refractivity contribution in [2.24, 2.45) is 0 Å². The van der Waals surface area contributed by atoms with Gasteiger partial charge < -0.3 is 15.5 Å². The predicted octanol–water partition coefficient (Wildman–Crippen LogP) is 4.91. The highest BCUT2D eigenvalue weighted by Crippen LogP contribution is 2.23. The molecule has 32 heavy (non-hydrogen) atoms. The summed E-state index contributed by atoms with van der Waals surface area (Å²) in [4.78, 5) is 27.9. The minimum absolute atomic E-state index is 0.0238. The molecule has 1 aliphatic rings. The number of anilines is 1. The Hall–Kier alpha value is -3.31. The van der Waals surface area contributed by atoms with E-state index in [1.54, 1.807) is 24.3 Å². The van der Waals surface area contributed by atoms with Gasteiger partial charge in [0.1, 0.15) is 0 Å². The van der Waals surface area contributed by atoms with Gasteiger partial charge in [0.15, 0.2) is 0 Å². The summed E-state index contributed by atoms with van der Waals surface area (Å²) in [6.07, 6.45) is 1.08. The van der Waals surface area contributed by atoms with E-state index in [2.05, 4.69) is 10.6 Å². The zero-order chi connectivity index (χ0) is 22.3. The van der Waals surface area contributed by atoms with E-state index in [1.165, 1.54) is 0 Å². The van der Waals surface area contributed by atoms with Crippen LogP contribution in [0.25, 0.3) is 0 Å². The van der Waals surface area contributed by atoms with Gasteiger partial charge in [-0.25, -0.2) is 0 Å². The molecule has 6 heteroatoms. The summed E-state index contributed by atoms with van der Waals surface area (Å²) in [5.41, 5.74) is 2.34. The van der Waals surface area contributed by atoms with E-state index in [0.717, 1.165) is 17.7 Å². The van der Waals surface area contributed by atoms with Crippen LogP contribution in [0.3, 0.4) is 0 Å². The van der Waals surface area contributed by atoms with Crippen molar-refractivity contribution in [3.8, 4) is 0 Å². The van der Waals surface area contributed by atoms with Crippen molar-refractivity contribution in [3.63, 3.8) is 0 Å². The van der Waals surface area contributed by atoms with Gasteiger partial charge in [-0.2, -0.15) is 0 Å². The Balaban J connectivity index is 1.42. The van der Waals surface area contributed by atoms with Crippen molar-refractivity contribution in [1.29, 1.82) is 0 Å². The molecule has 1 heterocycles. The lowest BCUT2D eigenvalue weighted by Crippen LogP contribution is -2.36. The molecule has 2 atom stereocenters. The molecule has 2 N–H and O–H groups in total. The van der Waals surface area contributed by atoms with Crippen LogP contribution in [0.1, 0.15) is 34.8 Å². The number of benzene rings is 3. The van der Waals surface area contributed by atoms with E-state index in [1.807, 2.05) is 65.6 Å². The van der Waals surface area contributed by atoms with E-state index in [0.29, 0.717) is 23.7 Å². The monoisotopic (exact) mass is 447 g/mol. The molecule has 5 nitrogen and oxygen atoms in total. The largest absolute Gasteiger partial charge is 0.380 e. The third-order valence-electron chi connectivity index (χ3n) is 5.69. The highest BCUT2D eigenvalue weighted by atomic mass is 35.5. The minimum atomic E-state index is -0.436. The maximum atomic E-state index is 13.1. The first-order valence-electron chi connectivity index (χ1n) is 10.8. The number of amides is 2. The average molecular weight is 448 g/mol. The van der Waals surface area contributed by atoms with Crippen molar-refractivity contribution in [3.05, 3.63) is 101 Å². The van der Waals surface area contributed by atoms with Gasteiger partial charge >= 0.3 is 0 Å². The fourth-order valence-electron chi connectivity index (χ4n) is 4.00. The second-order valence-corrected chi connectivity index (χ2v) is 8.36. The molecule has 3 aromatic carbocycles. The number of likely N-dealkylation sites (tertiary alicyclic amines) is 1. The van der Waals surface area contributed by atoms with E-state index in [-0.39, 0.29) is 24.3 Å². The fourth-order valence-corrected chi connectivity index (χ4v) is 4.22. The quantitative estimate of drug-likeness (QED) is 0.540. The summed E-state index contributed by atoms with van der Waals surface area (Å²) in [6.45, 7) is 1.34. The van der Waals surface area contributed by atoms with Gasteiger partial charge in [-0.1, -0.05) is 72.3 Å². The molecule has 3 aromatic rings. The number of halogens is 1. The maximum absolute atomic E-state index is 13.1. The highest BCUT2D eigenvalue weighted by molar-refractivity contribution is 6.33. The number of rotatable bonds is 7. The Morgan fingerprint density at radius 3 is 2.31 bits per heavy atom. The van der Waals surface area contributed by atoms with Crippen LogP contribution in [0.15, 0.2) is 84.9 Å². The lowest BCUT2D eigenvalue weighted by Gasteiger charge is -2.23. The summed E-state index contributed by atoms with van der Waals surface area (Å²) >= 11 is 6.20. The summed E-state index contributed by atoms with van der Waals surface area (Å²) in [5.74, 6) is -0.266. The van der Waals surface area contributed by atoms with Crippen LogP contribution in [-0.4, -0.2) is 35.8 Å². The Kier molecular flexibility index (Phi) is 7.07. The summed E-state index contributed by atoms with van der Waals surface area (Å²) < 4.78 is 0. The smallest absolute Gasteiger partial charge is 0.253 e. The lowest BCUT2D eigenvalue weighted by atomic mass is 10.0. The van der Waals surface area contributed by atoms with Gasteiger partial charge in [0.25, 0.3) is 5.91 Å². The molecule has 164 valence electrons. The maximum Gasteiger partial charge on any atom is 0.253 e. The number of nitrogens with one attached hydrogen (secondary N) is 2. The number of nitrogens with zero attached hydrogens (tertiary/aromatic N) is 1. The summed E-state index contributed by atoms with van der Waals surface area (Å²) in [5, 5.41) is 6.89. The zero-order valence-corrected chi connectivity index (χ0v) is 18.5. The van der Waals surface area contributed by atoms with Crippen molar-refractivity contribution in [1.82, 2.24) is 10.2 Å². The minimum Gasteiger partial charge on any atom is -0.380 e. The first kappa shape index (κ1) is 21.9. The van der Waals surface area contributed by atoms with Gasteiger partial charge in [0.05, 0.1) is 23.0 Å². The van der Waals surface area contributed by atoms with Crippen LogP contribution in [0.4, 0.5) is 5.69 Å². The summed E-state index contributed by atoms with van der Waals surface area (Å²) in [6, 6.07) is 26.3. The molecule has 0 radical (unpaired) electrons. The third kappa shape index (κ3) is 5.48. The van der Waals surface area contributed by atoms with Crippen molar-refractivity contribution >= 4 is 29.1 Å². The molecule has 2 amide bonds. The Morgan fingerprint density at radius 2 is 1.59 bits per heavy atom. The molecular weight excluding hydrogens is 422 g/mol. The molecule has 0 bridgehead atoms. The van der Waals surface area contributed by atoms with Crippen LogP contribution in [0, 0.1) is 0 Å². The number of hydrogen-bond acceptors (Lipinski definition) is 3. The van der Waals surface area contributed by atoms with Crippen LogP contribution in [-0.2, 0) is 4.79 Å². The third-order valence-corrected chi connectivity index (χ3v) is 6.02. The van der Waals surface area contributed by atoms with E-state index >= 15 is 0 Å². The SMILES string of the molecule is O=C(NC(CC(=O)N1CCC(Nc2ccccc2)C1)c1ccccc1)c1ccccc1Cl. The molecule has 0 saturated carbocycles. The number of para-hydroxylation sites is 1. The fraction of sp³-hybridized carbons (Fsp3) is 0.231. The molecule has 0 aromatic heterocycles. The Labute approximate surface area is 193 Å². The van der Waals surface area contributed by atoms with Gasteiger partial charge in [0, 0.05) is 24.8 Å². The number of carbonyl (C=O) groups excluding carboxylic acids is 2. The molecule has 0 spiro atoms. The van der Waals surface area contributed by atoms with E-state index in [9.17, 15) is 9.59 Å². The molecule has 4 rings (SSSR count). The van der Waals surface area contributed by atoms with Gasteiger partial charge in [0.2, 0.25) is 5.91 Å². The Bertz CT molecular complexity index is 1060. The average Bonchev–Trinajstić information content (AvgIpc) is 3.29. The molecule has 2 unspecified atom stereocenters. The summed E-state index contributed by atoms with van der Waals surface area (Å²) in [7, 11) is 0. The predicted molar refractivity (Wildman–Crippen MR) is 128 cm³/mol. The topological polar surface area (TPSA) is 61.4 Å². The van der Waals surface area contributed by atoms with Gasteiger partial charge in [-0.3, -0.25) is 9.59 Å². The second kappa shape index (κ2) is 10.3. The van der Waals surface area contributed by atoms with Crippen LogP contribution >= 0.6 is 11.6 Å². The Morgan fingerprint density at radius 1 is 0.938 bits per heavy atom. The number of hydrogen-bond donors (Lipinski definition) is 2. The van der Waals surface area contributed by atoms with Crippen LogP contribution < -0.4 is 10.6 Å². The van der Waals surface area contributed by atoms with Crippen LogP contribution in [0.2, 0.25) is 5.02 Å². The van der Waals surface area contributed by atoms with Crippen LogP contribution in [0.5, 0.6) is 0 Å². The van der Waals surface area contributed by atoms with Gasteiger partial charge in [-0.15, -0.1) is 0 Å². The highest BCUT2D eigenvalue weighted by Gasteiger charge is 2.29. The zero-order valence-electron chi connectivity index (χ0n) is 17.7. The molecule has 1 fully saturated rings. The molecule has 1 aliphatic heterocycles. The standard InChI is InChI=1S/C26H26ClN3O2/c27-23-14-8-7-13-22(23)26(32)29-24(19-9-3-1-4-10-19)17-25(31)30-16-15-21(18-30)28-20-11-5-2-6-12-20/h1-14,21,24,28H,15-18H2,(H,29,32). The van der Waals surface area contributed by atoms with E-state index in [4.69, 9.17) is 11.6 Å². The molecular formula is C26H26ClN3O2. The lowest BCUT2D eigenvalue weighted by molar-refractivity contribution is -0.130. The van der Waals surface area contributed by atoms with Crippen molar-refractivity contribution in [2.75, 3.05) is 18.4 Å². The van der Waals surface area contributed by atoms with Crippen molar-refractivity contribution in [2.45, 2.75) is 24.9 Å². The van der Waals surface area contributed by atoms with E-state index < -0.39 is 6.04 Å². The first-order valence-corrected chi connectivity index (χ1v) is 11.2. The molecule has 0 aliphatic carbocycles. The second-order valence-electron chi connectivity index (χ2n) is 7.96. The normalized spacial score (nSPS) is 16.4.